The number of pyridine rings is 1. The SMILES string of the molecule is O=c1[nH]c2ccccc2c(N[C@H]2CCC=NC2)c1-c1nc2ccccc2[nH]1. The van der Waals surface area contributed by atoms with Crippen molar-refractivity contribution in [3.8, 4) is 11.4 Å². The van der Waals surface area contributed by atoms with Gasteiger partial charge in [-0.2, -0.15) is 0 Å². The van der Waals surface area contributed by atoms with Gasteiger partial charge in [0.05, 0.1) is 28.8 Å². The molecular weight excluding hydrogens is 338 g/mol. The van der Waals surface area contributed by atoms with Crippen LogP contribution in [0.2, 0.25) is 0 Å². The highest BCUT2D eigenvalue weighted by Gasteiger charge is 2.20. The highest BCUT2D eigenvalue weighted by Crippen LogP contribution is 2.31. The van der Waals surface area contributed by atoms with Crippen LogP contribution in [0.5, 0.6) is 0 Å². The number of aromatic amines is 2. The van der Waals surface area contributed by atoms with Crippen molar-refractivity contribution in [1.29, 1.82) is 0 Å². The van der Waals surface area contributed by atoms with E-state index < -0.39 is 0 Å². The molecule has 3 heterocycles. The second-order valence-corrected chi connectivity index (χ2v) is 6.82. The van der Waals surface area contributed by atoms with Gasteiger partial charge < -0.3 is 15.3 Å². The van der Waals surface area contributed by atoms with Crippen LogP contribution in [0.1, 0.15) is 12.8 Å². The van der Waals surface area contributed by atoms with Crippen LogP contribution >= 0.6 is 0 Å². The van der Waals surface area contributed by atoms with E-state index in [1.807, 2.05) is 54.7 Å². The van der Waals surface area contributed by atoms with E-state index in [9.17, 15) is 4.79 Å². The Morgan fingerprint density at radius 3 is 2.63 bits per heavy atom. The van der Waals surface area contributed by atoms with E-state index in [0.717, 1.165) is 40.5 Å². The maximum absolute atomic E-state index is 13.0. The average Bonchev–Trinajstić information content (AvgIpc) is 3.12. The molecule has 0 bridgehead atoms. The van der Waals surface area contributed by atoms with Gasteiger partial charge in [-0.05, 0) is 37.3 Å². The maximum Gasteiger partial charge on any atom is 0.261 e. The first-order chi connectivity index (χ1) is 13.3. The standard InChI is InChI=1S/C21H19N5O/c27-21-18(20-24-16-9-3-4-10-17(16)25-20)19(23-13-6-5-11-22-12-13)14-7-1-2-8-15(14)26-21/h1-4,7-11,13H,5-6,12H2,(H,24,25)(H2,23,26,27)/t13-/m0/s1. The van der Waals surface area contributed by atoms with Gasteiger partial charge in [-0.25, -0.2) is 4.98 Å². The molecule has 1 atom stereocenters. The number of nitrogens with one attached hydrogen (secondary N) is 3. The molecule has 2 aromatic carbocycles. The van der Waals surface area contributed by atoms with Crippen molar-refractivity contribution in [3.63, 3.8) is 0 Å². The van der Waals surface area contributed by atoms with Gasteiger partial charge in [0.25, 0.3) is 5.56 Å². The van der Waals surface area contributed by atoms with Crippen LogP contribution in [0.4, 0.5) is 5.69 Å². The van der Waals surface area contributed by atoms with Crippen molar-refractivity contribution in [2.45, 2.75) is 18.9 Å². The minimum absolute atomic E-state index is 0.158. The highest BCUT2D eigenvalue weighted by molar-refractivity contribution is 5.99. The number of hydrogen-bond donors (Lipinski definition) is 3. The molecule has 6 nitrogen and oxygen atoms in total. The van der Waals surface area contributed by atoms with Crippen molar-refractivity contribution >= 4 is 33.8 Å². The van der Waals surface area contributed by atoms with Crippen molar-refractivity contribution in [1.82, 2.24) is 15.0 Å². The number of benzene rings is 2. The number of aliphatic imine (C=N–C) groups is 1. The largest absolute Gasteiger partial charge is 0.379 e. The molecule has 3 N–H and O–H groups in total. The molecule has 2 aromatic heterocycles. The van der Waals surface area contributed by atoms with Crippen molar-refractivity contribution in [2.24, 2.45) is 4.99 Å². The van der Waals surface area contributed by atoms with Crippen molar-refractivity contribution < 1.29 is 0 Å². The molecule has 0 aliphatic carbocycles. The minimum Gasteiger partial charge on any atom is -0.379 e. The second kappa shape index (κ2) is 6.39. The average molecular weight is 357 g/mol. The lowest BCUT2D eigenvalue weighted by Crippen LogP contribution is -2.27. The van der Waals surface area contributed by atoms with E-state index >= 15 is 0 Å². The number of fused-ring (bicyclic) bond motifs is 2. The molecule has 0 fully saturated rings. The summed E-state index contributed by atoms with van der Waals surface area (Å²) in [6, 6.07) is 15.8. The normalized spacial score (nSPS) is 16.8. The first-order valence-corrected chi connectivity index (χ1v) is 9.14. The molecule has 6 heteroatoms. The molecule has 0 radical (unpaired) electrons. The Labute approximate surface area is 155 Å². The lowest BCUT2D eigenvalue weighted by Gasteiger charge is -2.22. The molecule has 0 spiro atoms. The van der Waals surface area contributed by atoms with Gasteiger partial charge >= 0.3 is 0 Å². The van der Waals surface area contributed by atoms with Gasteiger partial charge in [-0.15, -0.1) is 0 Å². The van der Waals surface area contributed by atoms with Gasteiger partial charge in [0.1, 0.15) is 11.4 Å². The Balaban J connectivity index is 1.74. The van der Waals surface area contributed by atoms with E-state index in [0.29, 0.717) is 17.9 Å². The number of anilines is 1. The summed E-state index contributed by atoms with van der Waals surface area (Å²) < 4.78 is 0. The van der Waals surface area contributed by atoms with Crippen LogP contribution in [0, 0.1) is 0 Å². The lowest BCUT2D eigenvalue weighted by atomic mass is 10.0. The lowest BCUT2D eigenvalue weighted by molar-refractivity contribution is 0.662. The molecule has 4 aromatic rings. The molecular formula is C21H19N5O. The fourth-order valence-corrected chi connectivity index (χ4v) is 3.67. The predicted octanol–water partition coefficient (Wildman–Crippen LogP) is 3.72. The van der Waals surface area contributed by atoms with E-state index in [-0.39, 0.29) is 11.6 Å². The summed E-state index contributed by atoms with van der Waals surface area (Å²) in [5.41, 5.74) is 3.76. The van der Waals surface area contributed by atoms with Gasteiger partial charge in [-0.1, -0.05) is 30.3 Å². The molecule has 5 rings (SSSR count). The number of nitrogens with zero attached hydrogens (tertiary/aromatic N) is 2. The topological polar surface area (TPSA) is 85.9 Å². The Bertz CT molecular complexity index is 1190. The van der Waals surface area contributed by atoms with Gasteiger partial charge in [-0.3, -0.25) is 9.79 Å². The summed E-state index contributed by atoms with van der Waals surface area (Å²) in [5.74, 6) is 0.574. The molecule has 0 amide bonds. The summed E-state index contributed by atoms with van der Waals surface area (Å²) in [7, 11) is 0. The Morgan fingerprint density at radius 1 is 1.00 bits per heavy atom. The monoisotopic (exact) mass is 357 g/mol. The number of imidazole rings is 1. The summed E-state index contributed by atoms with van der Waals surface area (Å²) in [5, 5.41) is 4.56. The third-order valence-corrected chi connectivity index (χ3v) is 5.00. The second-order valence-electron chi connectivity index (χ2n) is 6.82. The quantitative estimate of drug-likeness (QED) is 0.522. The molecule has 1 aliphatic heterocycles. The zero-order valence-electron chi connectivity index (χ0n) is 14.7. The van der Waals surface area contributed by atoms with Crippen LogP contribution in [0.15, 0.2) is 58.3 Å². The van der Waals surface area contributed by atoms with E-state index in [2.05, 4.69) is 25.3 Å². The number of hydrogen-bond acceptors (Lipinski definition) is 4. The smallest absolute Gasteiger partial charge is 0.261 e. The summed E-state index contributed by atoms with van der Waals surface area (Å²) in [6.45, 7) is 0.709. The van der Waals surface area contributed by atoms with Crippen LogP contribution in [0.3, 0.4) is 0 Å². The fraction of sp³-hybridized carbons (Fsp3) is 0.190. The Kier molecular flexibility index (Phi) is 3.74. The molecule has 134 valence electrons. The fourth-order valence-electron chi connectivity index (χ4n) is 3.67. The van der Waals surface area contributed by atoms with Gasteiger partial charge in [0, 0.05) is 11.4 Å². The first-order valence-electron chi connectivity index (χ1n) is 9.14. The third-order valence-electron chi connectivity index (χ3n) is 5.00. The van der Waals surface area contributed by atoms with Crippen molar-refractivity contribution in [3.05, 3.63) is 58.9 Å². The van der Waals surface area contributed by atoms with Crippen molar-refractivity contribution in [2.75, 3.05) is 11.9 Å². The molecule has 1 aliphatic rings. The van der Waals surface area contributed by atoms with Crippen LogP contribution in [-0.4, -0.2) is 33.8 Å². The van der Waals surface area contributed by atoms with E-state index in [1.165, 1.54) is 0 Å². The zero-order chi connectivity index (χ0) is 18.2. The molecule has 27 heavy (non-hydrogen) atoms. The predicted molar refractivity (Wildman–Crippen MR) is 110 cm³/mol. The van der Waals surface area contributed by atoms with Gasteiger partial charge in [0.15, 0.2) is 0 Å². The number of H-pyrrole nitrogens is 2. The number of aromatic nitrogens is 3. The molecule has 0 saturated carbocycles. The summed E-state index contributed by atoms with van der Waals surface area (Å²) in [4.78, 5) is 28.3. The molecule has 0 saturated heterocycles. The maximum atomic E-state index is 13.0. The summed E-state index contributed by atoms with van der Waals surface area (Å²) in [6.07, 6.45) is 3.90. The van der Waals surface area contributed by atoms with E-state index in [4.69, 9.17) is 0 Å². The van der Waals surface area contributed by atoms with Crippen LogP contribution in [-0.2, 0) is 0 Å². The Hall–Kier alpha value is -3.41. The van der Waals surface area contributed by atoms with Crippen LogP contribution in [0.25, 0.3) is 33.3 Å². The van der Waals surface area contributed by atoms with Gasteiger partial charge in [0.2, 0.25) is 0 Å². The van der Waals surface area contributed by atoms with Crippen LogP contribution < -0.4 is 10.9 Å². The van der Waals surface area contributed by atoms with E-state index in [1.54, 1.807) is 0 Å². The number of para-hydroxylation sites is 3. The highest BCUT2D eigenvalue weighted by atomic mass is 16.1. The minimum atomic E-state index is -0.158. The number of rotatable bonds is 3. The molecule has 0 unspecified atom stereocenters. The Morgan fingerprint density at radius 2 is 1.81 bits per heavy atom. The third kappa shape index (κ3) is 2.79. The zero-order valence-corrected chi connectivity index (χ0v) is 14.7. The first kappa shape index (κ1) is 15.8. The summed E-state index contributed by atoms with van der Waals surface area (Å²) >= 11 is 0.